The Morgan fingerprint density at radius 2 is 1.79 bits per heavy atom. The Bertz CT molecular complexity index is 667. The van der Waals surface area contributed by atoms with E-state index in [1.165, 1.54) is 24.3 Å². The number of halogens is 1. The summed E-state index contributed by atoms with van der Waals surface area (Å²) >= 11 is 0. The van der Waals surface area contributed by atoms with Gasteiger partial charge in [-0.15, -0.1) is 11.5 Å². The predicted octanol–water partition coefficient (Wildman–Crippen LogP) is 2.85. The van der Waals surface area contributed by atoms with Crippen molar-refractivity contribution in [3.05, 3.63) is 35.6 Å². The second-order valence-electron chi connectivity index (χ2n) is 7.32. The minimum atomic E-state index is -1.78. The molecule has 130 valence electrons. The lowest BCUT2D eigenvalue weighted by atomic mass is 10.1. The van der Waals surface area contributed by atoms with Gasteiger partial charge in [-0.05, 0) is 29.3 Å². The zero-order chi connectivity index (χ0) is 18.5. The van der Waals surface area contributed by atoms with E-state index in [2.05, 4.69) is 50.6 Å². The second kappa shape index (κ2) is 7.62. The quantitative estimate of drug-likeness (QED) is 0.649. The van der Waals surface area contributed by atoms with Crippen molar-refractivity contribution >= 4 is 19.9 Å². The van der Waals surface area contributed by atoms with E-state index in [4.69, 9.17) is 5.73 Å². The van der Waals surface area contributed by atoms with Crippen LogP contribution in [0.2, 0.25) is 18.1 Å². The number of hydrogen-bond acceptors (Lipinski definition) is 2. The molecule has 2 amide bonds. The number of benzene rings is 1. The van der Waals surface area contributed by atoms with Gasteiger partial charge in [0.2, 0.25) is 5.91 Å². The van der Waals surface area contributed by atoms with Gasteiger partial charge in [0.25, 0.3) is 5.91 Å². The number of nitrogens with one attached hydrogen (secondary N) is 1. The molecule has 24 heavy (non-hydrogen) atoms. The van der Waals surface area contributed by atoms with Crippen LogP contribution in [0.3, 0.4) is 0 Å². The first kappa shape index (κ1) is 19.9. The third kappa shape index (κ3) is 5.50. The van der Waals surface area contributed by atoms with Crippen molar-refractivity contribution in [2.75, 3.05) is 0 Å². The van der Waals surface area contributed by atoms with Crippen LogP contribution in [0, 0.1) is 17.3 Å². The van der Waals surface area contributed by atoms with Gasteiger partial charge in [-0.3, -0.25) is 9.59 Å². The fourth-order valence-electron chi connectivity index (χ4n) is 1.63. The first-order valence-corrected chi connectivity index (χ1v) is 10.8. The maximum Gasteiger partial charge on any atom is 0.251 e. The topological polar surface area (TPSA) is 72.2 Å². The van der Waals surface area contributed by atoms with Gasteiger partial charge < -0.3 is 11.1 Å². The molecule has 1 rings (SSSR count). The van der Waals surface area contributed by atoms with Gasteiger partial charge in [-0.1, -0.05) is 33.9 Å². The molecule has 0 aliphatic rings. The van der Waals surface area contributed by atoms with Crippen LogP contribution in [0.4, 0.5) is 4.39 Å². The largest absolute Gasteiger partial charge is 0.368 e. The third-order valence-corrected chi connectivity index (χ3v) is 8.89. The Kier molecular flexibility index (Phi) is 6.33. The Morgan fingerprint density at radius 1 is 1.25 bits per heavy atom. The molecule has 0 spiro atoms. The van der Waals surface area contributed by atoms with Crippen molar-refractivity contribution in [1.29, 1.82) is 0 Å². The van der Waals surface area contributed by atoms with Gasteiger partial charge in [0.05, 0.1) is 0 Å². The molecule has 0 aliphatic heterocycles. The van der Waals surface area contributed by atoms with Crippen molar-refractivity contribution in [3.63, 3.8) is 0 Å². The van der Waals surface area contributed by atoms with E-state index < -0.39 is 31.7 Å². The highest BCUT2D eigenvalue weighted by atomic mass is 28.3. The molecular weight excluding hydrogens is 323 g/mol. The van der Waals surface area contributed by atoms with E-state index in [1.807, 2.05) is 0 Å². The molecule has 3 N–H and O–H groups in total. The molecule has 0 saturated heterocycles. The molecule has 0 aromatic heterocycles. The highest BCUT2D eigenvalue weighted by Gasteiger charge is 2.33. The number of carbonyl (C=O) groups excluding carboxylic acids is 2. The first-order chi connectivity index (χ1) is 10.9. The van der Waals surface area contributed by atoms with E-state index in [9.17, 15) is 14.0 Å². The minimum Gasteiger partial charge on any atom is -0.368 e. The summed E-state index contributed by atoms with van der Waals surface area (Å²) in [4.78, 5) is 23.7. The highest BCUT2D eigenvalue weighted by molar-refractivity contribution is 6.87. The average Bonchev–Trinajstić information content (AvgIpc) is 2.45. The molecule has 0 fully saturated rings. The van der Waals surface area contributed by atoms with Crippen molar-refractivity contribution in [3.8, 4) is 11.5 Å². The molecular formula is C18H25FN2O2Si. The van der Waals surface area contributed by atoms with Gasteiger partial charge in [0, 0.05) is 12.0 Å². The average molecular weight is 348 g/mol. The van der Waals surface area contributed by atoms with E-state index >= 15 is 0 Å². The predicted molar refractivity (Wildman–Crippen MR) is 96.4 cm³/mol. The summed E-state index contributed by atoms with van der Waals surface area (Å²) in [6.45, 7) is 10.8. The molecule has 4 nitrogen and oxygen atoms in total. The normalized spacial score (nSPS) is 12.8. The lowest BCUT2D eigenvalue weighted by molar-refractivity contribution is -0.119. The van der Waals surface area contributed by atoms with Crippen LogP contribution in [-0.2, 0) is 4.79 Å². The maximum absolute atomic E-state index is 12.9. The molecule has 0 aliphatic carbocycles. The summed E-state index contributed by atoms with van der Waals surface area (Å²) in [5.41, 5.74) is 8.90. The van der Waals surface area contributed by atoms with Crippen LogP contribution in [0.15, 0.2) is 24.3 Å². The third-order valence-electron chi connectivity index (χ3n) is 4.34. The summed E-state index contributed by atoms with van der Waals surface area (Å²) in [7, 11) is -1.78. The van der Waals surface area contributed by atoms with E-state index in [-0.39, 0.29) is 17.0 Å². The van der Waals surface area contributed by atoms with Crippen LogP contribution in [0.5, 0.6) is 0 Å². The van der Waals surface area contributed by atoms with Crippen LogP contribution in [0.25, 0.3) is 0 Å². The molecule has 6 heteroatoms. The van der Waals surface area contributed by atoms with E-state index in [1.54, 1.807) is 0 Å². The molecule has 0 radical (unpaired) electrons. The van der Waals surface area contributed by atoms with Crippen LogP contribution >= 0.6 is 0 Å². The van der Waals surface area contributed by atoms with Gasteiger partial charge in [0.1, 0.15) is 19.9 Å². The van der Waals surface area contributed by atoms with Gasteiger partial charge >= 0.3 is 0 Å². The van der Waals surface area contributed by atoms with Gasteiger partial charge in [-0.2, -0.15) is 0 Å². The van der Waals surface area contributed by atoms with Crippen LogP contribution in [-0.4, -0.2) is 25.9 Å². The van der Waals surface area contributed by atoms with Crippen LogP contribution < -0.4 is 11.1 Å². The number of hydrogen-bond donors (Lipinski definition) is 2. The molecule has 0 saturated carbocycles. The van der Waals surface area contributed by atoms with Gasteiger partial charge in [0.15, 0.2) is 0 Å². The number of nitrogens with two attached hydrogens (primary N) is 1. The monoisotopic (exact) mass is 348 g/mol. The van der Waals surface area contributed by atoms with Crippen molar-refractivity contribution in [2.45, 2.75) is 51.4 Å². The van der Waals surface area contributed by atoms with Crippen molar-refractivity contribution in [1.82, 2.24) is 5.32 Å². The van der Waals surface area contributed by atoms with E-state index in [0.29, 0.717) is 0 Å². The summed E-state index contributed by atoms with van der Waals surface area (Å²) in [6, 6.07) is 4.20. The Balaban J connectivity index is 2.81. The summed E-state index contributed by atoms with van der Waals surface area (Å²) in [6.07, 6.45) is 0.161. The summed E-state index contributed by atoms with van der Waals surface area (Å²) < 4.78 is 12.9. The highest BCUT2D eigenvalue weighted by Crippen LogP contribution is 2.35. The molecule has 1 aromatic carbocycles. The number of amides is 2. The van der Waals surface area contributed by atoms with Crippen LogP contribution in [0.1, 0.15) is 37.6 Å². The first-order valence-electron chi connectivity index (χ1n) is 7.80. The molecule has 0 bridgehead atoms. The Labute approximate surface area is 144 Å². The number of carbonyl (C=O) groups is 2. The zero-order valence-electron chi connectivity index (χ0n) is 14.9. The Hall–Kier alpha value is -2.13. The molecule has 0 heterocycles. The molecule has 1 aromatic rings. The standard InChI is InChI=1S/C18H25FN2O2Si/c1-18(2,3)24(4,5)12-6-7-15(16(20)22)21-17(23)13-8-10-14(19)11-9-13/h8-11,15H,7H2,1-5H3,(H2,20,22)(H,21,23)/t15-/m0/s1. The SMILES string of the molecule is CC(C)(C)[Si](C)(C)C#CC[C@H](NC(=O)c1ccc(F)cc1)C(N)=O. The second-order valence-corrected chi connectivity index (χ2v) is 12.3. The van der Waals surface area contributed by atoms with Crippen molar-refractivity contribution in [2.24, 2.45) is 5.73 Å². The lowest BCUT2D eigenvalue weighted by Crippen LogP contribution is -2.44. The van der Waals surface area contributed by atoms with E-state index in [0.717, 1.165) is 0 Å². The minimum absolute atomic E-state index is 0.111. The molecule has 1 atom stereocenters. The fourth-order valence-corrected chi connectivity index (χ4v) is 2.55. The summed E-state index contributed by atoms with van der Waals surface area (Å²) in [5.74, 6) is 1.46. The van der Waals surface area contributed by atoms with Crippen molar-refractivity contribution < 1.29 is 14.0 Å². The number of primary amides is 1. The summed E-state index contributed by atoms with van der Waals surface area (Å²) in [5, 5.41) is 2.66. The number of rotatable bonds is 4. The molecule has 0 unspecified atom stereocenters. The smallest absolute Gasteiger partial charge is 0.251 e. The maximum atomic E-state index is 12.9. The zero-order valence-corrected chi connectivity index (χ0v) is 15.9. The Morgan fingerprint density at radius 3 is 2.25 bits per heavy atom. The fraction of sp³-hybridized carbons (Fsp3) is 0.444. The van der Waals surface area contributed by atoms with Gasteiger partial charge in [-0.25, -0.2) is 4.39 Å². The lowest BCUT2D eigenvalue weighted by Gasteiger charge is -2.31.